The molecule has 1 amide bonds. The molecule has 0 saturated heterocycles. The number of aryl methyl sites for hydroxylation is 1. The van der Waals surface area contributed by atoms with Crippen LogP contribution in [0, 0.1) is 5.92 Å². The first kappa shape index (κ1) is 15.3. The van der Waals surface area contributed by atoms with E-state index in [1.54, 1.807) is 11.3 Å². The van der Waals surface area contributed by atoms with Crippen molar-refractivity contribution in [3.8, 4) is 0 Å². The summed E-state index contributed by atoms with van der Waals surface area (Å²) in [5.74, 6) is 0.434. The van der Waals surface area contributed by atoms with Crippen molar-refractivity contribution < 1.29 is 4.79 Å². The van der Waals surface area contributed by atoms with Crippen molar-refractivity contribution in [3.63, 3.8) is 0 Å². The van der Waals surface area contributed by atoms with E-state index in [-0.39, 0.29) is 17.9 Å². The van der Waals surface area contributed by atoms with E-state index < -0.39 is 0 Å². The molecule has 2 aromatic rings. The molecule has 1 unspecified atom stereocenters. The van der Waals surface area contributed by atoms with Crippen LogP contribution in [-0.4, -0.2) is 5.91 Å². The van der Waals surface area contributed by atoms with Crippen LogP contribution >= 0.6 is 11.3 Å². The number of carbonyl (C=O) groups is 1. The largest absolute Gasteiger partial charge is 0.344 e. The van der Waals surface area contributed by atoms with Crippen LogP contribution in [0.25, 0.3) is 0 Å². The van der Waals surface area contributed by atoms with Gasteiger partial charge in [-0.15, -0.1) is 11.3 Å². The maximum absolute atomic E-state index is 12.4. The summed E-state index contributed by atoms with van der Waals surface area (Å²) >= 11 is 1.70. The van der Waals surface area contributed by atoms with E-state index in [4.69, 9.17) is 0 Å². The van der Waals surface area contributed by atoms with Crippen LogP contribution in [0.4, 0.5) is 0 Å². The highest BCUT2D eigenvalue weighted by Crippen LogP contribution is 2.30. The summed E-state index contributed by atoms with van der Waals surface area (Å²) in [6.45, 7) is 2.20. The fraction of sp³-hybridized carbons (Fsp3) is 0.421. The first-order valence-electron chi connectivity index (χ1n) is 8.20. The molecule has 1 atom stereocenters. The third kappa shape index (κ3) is 3.41. The summed E-state index contributed by atoms with van der Waals surface area (Å²) in [5, 5.41) is 5.33. The van der Waals surface area contributed by atoms with Crippen molar-refractivity contribution >= 4 is 17.2 Å². The Labute approximate surface area is 136 Å². The SMILES string of the molecule is CCCc1ccc(C(NC(=O)C2CCC2)c2cccs2)cc1. The van der Waals surface area contributed by atoms with Crippen LogP contribution in [-0.2, 0) is 11.2 Å². The number of hydrogen-bond acceptors (Lipinski definition) is 2. The van der Waals surface area contributed by atoms with Gasteiger partial charge < -0.3 is 5.32 Å². The molecule has 0 radical (unpaired) electrons. The van der Waals surface area contributed by atoms with Gasteiger partial charge in [0.1, 0.15) is 0 Å². The maximum atomic E-state index is 12.4. The van der Waals surface area contributed by atoms with Gasteiger partial charge in [0.2, 0.25) is 5.91 Å². The van der Waals surface area contributed by atoms with E-state index in [2.05, 4.69) is 48.0 Å². The summed E-state index contributed by atoms with van der Waals surface area (Å²) < 4.78 is 0. The van der Waals surface area contributed by atoms with E-state index >= 15 is 0 Å². The highest BCUT2D eigenvalue weighted by molar-refractivity contribution is 7.10. The Morgan fingerprint density at radius 3 is 2.59 bits per heavy atom. The van der Waals surface area contributed by atoms with Crippen molar-refractivity contribution in [2.24, 2.45) is 5.92 Å². The van der Waals surface area contributed by atoms with Crippen molar-refractivity contribution in [3.05, 3.63) is 57.8 Å². The van der Waals surface area contributed by atoms with Crippen molar-refractivity contribution in [2.45, 2.75) is 45.1 Å². The summed E-state index contributed by atoms with van der Waals surface area (Å²) in [6, 6.07) is 12.9. The third-order valence-corrected chi connectivity index (χ3v) is 5.38. The standard InChI is InChI=1S/C19H23NOS/c1-2-5-14-9-11-15(12-10-14)18(17-8-4-13-22-17)20-19(21)16-6-3-7-16/h4,8-13,16,18H,2-3,5-7H2,1H3,(H,20,21). The summed E-state index contributed by atoms with van der Waals surface area (Å²) in [5.41, 5.74) is 2.54. The van der Waals surface area contributed by atoms with Gasteiger partial charge in [-0.05, 0) is 41.8 Å². The van der Waals surface area contributed by atoms with Crippen LogP contribution in [0.2, 0.25) is 0 Å². The average Bonchev–Trinajstić information content (AvgIpc) is 2.98. The second-order valence-corrected chi connectivity index (χ2v) is 7.06. The maximum Gasteiger partial charge on any atom is 0.223 e. The third-order valence-electron chi connectivity index (χ3n) is 4.44. The van der Waals surface area contributed by atoms with Crippen LogP contribution < -0.4 is 5.32 Å². The first-order valence-corrected chi connectivity index (χ1v) is 9.08. The van der Waals surface area contributed by atoms with Crippen molar-refractivity contribution in [1.82, 2.24) is 5.32 Å². The van der Waals surface area contributed by atoms with Gasteiger partial charge in [0.15, 0.2) is 0 Å². The zero-order valence-corrected chi connectivity index (χ0v) is 13.9. The van der Waals surface area contributed by atoms with Crippen LogP contribution in [0.1, 0.15) is 54.7 Å². The number of thiophene rings is 1. The first-order chi connectivity index (χ1) is 10.8. The Kier molecular flexibility index (Phi) is 4.94. The Bertz CT molecular complexity index is 599. The van der Waals surface area contributed by atoms with Gasteiger partial charge >= 0.3 is 0 Å². The van der Waals surface area contributed by atoms with E-state index in [0.29, 0.717) is 0 Å². The molecule has 3 heteroatoms. The quantitative estimate of drug-likeness (QED) is 0.822. The van der Waals surface area contributed by atoms with E-state index in [9.17, 15) is 4.79 Å². The molecule has 1 aliphatic rings. The molecule has 2 nitrogen and oxygen atoms in total. The lowest BCUT2D eigenvalue weighted by Gasteiger charge is -2.27. The number of benzene rings is 1. The zero-order chi connectivity index (χ0) is 15.4. The van der Waals surface area contributed by atoms with E-state index in [1.165, 1.54) is 22.4 Å². The molecular formula is C19H23NOS. The van der Waals surface area contributed by atoms with E-state index in [0.717, 1.165) is 25.7 Å². The Hall–Kier alpha value is -1.61. The summed E-state index contributed by atoms with van der Waals surface area (Å²) in [6.07, 6.45) is 5.54. The minimum Gasteiger partial charge on any atom is -0.344 e. The lowest BCUT2D eigenvalue weighted by atomic mass is 9.84. The molecule has 0 aliphatic heterocycles. The molecule has 1 fully saturated rings. The van der Waals surface area contributed by atoms with Crippen LogP contribution in [0.5, 0.6) is 0 Å². The van der Waals surface area contributed by atoms with Gasteiger partial charge in [0.05, 0.1) is 6.04 Å². The molecule has 1 aromatic carbocycles. The summed E-state index contributed by atoms with van der Waals surface area (Å²) in [7, 11) is 0. The fourth-order valence-corrected chi connectivity index (χ4v) is 3.67. The van der Waals surface area contributed by atoms with Gasteiger partial charge in [-0.25, -0.2) is 0 Å². The molecule has 1 heterocycles. The monoisotopic (exact) mass is 313 g/mol. The highest BCUT2D eigenvalue weighted by Gasteiger charge is 2.28. The molecule has 1 N–H and O–H groups in total. The smallest absolute Gasteiger partial charge is 0.223 e. The van der Waals surface area contributed by atoms with Crippen molar-refractivity contribution in [2.75, 3.05) is 0 Å². The molecule has 116 valence electrons. The molecule has 3 rings (SSSR count). The zero-order valence-electron chi connectivity index (χ0n) is 13.0. The molecule has 22 heavy (non-hydrogen) atoms. The van der Waals surface area contributed by atoms with Gasteiger partial charge in [0, 0.05) is 10.8 Å². The van der Waals surface area contributed by atoms with Gasteiger partial charge in [-0.2, -0.15) is 0 Å². The molecule has 1 aromatic heterocycles. The average molecular weight is 313 g/mol. The summed E-state index contributed by atoms with van der Waals surface area (Å²) in [4.78, 5) is 13.6. The van der Waals surface area contributed by atoms with Gasteiger partial charge in [-0.1, -0.05) is 50.1 Å². The topological polar surface area (TPSA) is 29.1 Å². The van der Waals surface area contributed by atoms with Crippen molar-refractivity contribution in [1.29, 1.82) is 0 Å². The molecule has 0 spiro atoms. The lowest BCUT2D eigenvalue weighted by molar-refractivity contribution is -0.127. The second kappa shape index (κ2) is 7.10. The predicted octanol–water partition coefficient (Wildman–Crippen LogP) is 4.71. The minimum absolute atomic E-state index is 0.0104. The Morgan fingerprint density at radius 2 is 2.05 bits per heavy atom. The van der Waals surface area contributed by atoms with Crippen LogP contribution in [0.15, 0.2) is 41.8 Å². The minimum atomic E-state index is -0.0104. The number of carbonyl (C=O) groups excluding carboxylic acids is 1. The predicted molar refractivity (Wildman–Crippen MR) is 92.1 cm³/mol. The van der Waals surface area contributed by atoms with Gasteiger partial charge in [0.25, 0.3) is 0 Å². The fourth-order valence-electron chi connectivity index (χ4n) is 2.87. The Balaban J connectivity index is 1.80. The van der Waals surface area contributed by atoms with E-state index in [1.807, 2.05) is 6.07 Å². The molecular weight excluding hydrogens is 290 g/mol. The highest BCUT2D eigenvalue weighted by atomic mass is 32.1. The number of hydrogen-bond donors (Lipinski definition) is 1. The Morgan fingerprint density at radius 1 is 1.27 bits per heavy atom. The molecule has 1 aliphatic carbocycles. The lowest BCUT2D eigenvalue weighted by Crippen LogP contribution is -2.37. The number of rotatable bonds is 6. The normalized spacial score (nSPS) is 16.0. The molecule has 1 saturated carbocycles. The number of nitrogens with one attached hydrogen (secondary N) is 1. The number of amides is 1. The second-order valence-electron chi connectivity index (χ2n) is 6.08. The van der Waals surface area contributed by atoms with Gasteiger partial charge in [-0.3, -0.25) is 4.79 Å². The van der Waals surface area contributed by atoms with Crippen LogP contribution in [0.3, 0.4) is 0 Å². The molecule has 0 bridgehead atoms.